The van der Waals surface area contributed by atoms with E-state index in [9.17, 15) is 9.18 Å². The molecule has 0 aromatic carbocycles. The van der Waals surface area contributed by atoms with E-state index in [1.54, 1.807) is 24.9 Å². The van der Waals surface area contributed by atoms with Crippen LogP contribution < -0.4 is 10.2 Å². The Labute approximate surface area is 170 Å². The van der Waals surface area contributed by atoms with Crippen LogP contribution in [0.2, 0.25) is 0 Å². The molecule has 4 heterocycles. The second-order valence-electron chi connectivity index (χ2n) is 8.84. The molecule has 1 amide bonds. The summed E-state index contributed by atoms with van der Waals surface area (Å²) in [6.45, 7) is 6.17. The maximum Gasteiger partial charge on any atom is 0.228 e. The summed E-state index contributed by atoms with van der Waals surface area (Å²) in [7, 11) is 0. The largest absolute Gasteiger partial charge is 0.309 e. The van der Waals surface area contributed by atoms with Crippen molar-refractivity contribution in [2.75, 3.05) is 31.1 Å². The molecule has 0 atom stereocenters. The number of hydrogen-bond donors (Lipinski definition) is 2. The van der Waals surface area contributed by atoms with Gasteiger partial charge >= 0.3 is 0 Å². The first-order chi connectivity index (χ1) is 13.8. The van der Waals surface area contributed by atoms with Gasteiger partial charge in [0.25, 0.3) is 0 Å². The van der Waals surface area contributed by atoms with Crippen LogP contribution in [0, 0.1) is 11.3 Å². The van der Waals surface area contributed by atoms with E-state index in [1.807, 2.05) is 10.7 Å². The number of pyridine rings is 1. The number of guanidine groups is 1. The van der Waals surface area contributed by atoms with Crippen LogP contribution >= 0.6 is 0 Å². The van der Waals surface area contributed by atoms with Crippen LogP contribution in [0.15, 0.2) is 24.5 Å². The fraction of sp³-hybridized carbons (Fsp3) is 0.571. The van der Waals surface area contributed by atoms with Crippen molar-refractivity contribution < 1.29 is 9.18 Å². The average Bonchev–Trinajstić information content (AvgIpc) is 3.05. The Hall–Kier alpha value is -2.48. The first-order valence-electron chi connectivity index (χ1n) is 10.3. The van der Waals surface area contributed by atoms with Gasteiger partial charge in [0.1, 0.15) is 5.67 Å². The molecule has 2 N–H and O–H groups in total. The summed E-state index contributed by atoms with van der Waals surface area (Å²) in [6.07, 6.45) is 7.23. The number of carbonyl (C=O) groups is 1. The maximum absolute atomic E-state index is 13.9. The van der Waals surface area contributed by atoms with Crippen molar-refractivity contribution in [1.29, 1.82) is 5.41 Å². The molecule has 0 saturated carbocycles. The van der Waals surface area contributed by atoms with Gasteiger partial charge in [0.05, 0.1) is 17.4 Å². The molecule has 2 aromatic heterocycles. The number of piperidine rings is 1. The predicted molar refractivity (Wildman–Crippen MR) is 111 cm³/mol. The Kier molecular flexibility index (Phi) is 5.29. The minimum absolute atomic E-state index is 0.102. The van der Waals surface area contributed by atoms with Crippen LogP contribution in [-0.2, 0) is 11.2 Å². The molecule has 0 radical (unpaired) electrons. The van der Waals surface area contributed by atoms with Gasteiger partial charge in [-0.1, -0.05) is 0 Å². The number of rotatable bonds is 5. The first kappa shape index (κ1) is 19.8. The number of amides is 1. The van der Waals surface area contributed by atoms with Crippen LogP contribution in [0.5, 0.6) is 0 Å². The lowest BCUT2D eigenvalue weighted by molar-refractivity contribution is -0.119. The number of anilines is 1. The van der Waals surface area contributed by atoms with Gasteiger partial charge in [-0.15, -0.1) is 0 Å². The molecule has 2 fully saturated rings. The predicted octanol–water partition coefficient (Wildman–Crippen LogP) is 2.60. The highest BCUT2D eigenvalue weighted by Gasteiger charge is 2.26. The van der Waals surface area contributed by atoms with Crippen LogP contribution in [0.1, 0.15) is 38.7 Å². The van der Waals surface area contributed by atoms with E-state index in [1.165, 1.54) is 5.56 Å². The number of alkyl halides is 1. The number of hydrogen-bond acceptors (Lipinski definition) is 4. The Morgan fingerprint density at radius 2 is 2.07 bits per heavy atom. The lowest BCUT2D eigenvalue weighted by Gasteiger charge is -2.34. The molecule has 2 aliphatic heterocycles. The van der Waals surface area contributed by atoms with Crippen LogP contribution in [-0.4, -0.2) is 58.2 Å². The van der Waals surface area contributed by atoms with Crippen molar-refractivity contribution >= 4 is 23.1 Å². The van der Waals surface area contributed by atoms with Gasteiger partial charge in [0, 0.05) is 25.7 Å². The van der Waals surface area contributed by atoms with Crippen LogP contribution in [0.3, 0.4) is 0 Å². The van der Waals surface area contributed by atoms with E-state index in [-0.39, 0.29) is 11.9 Å². The van der Waals surface area contributed by atoms with Crippen LogP contribution in [0.25, 0.3) is 5.52 Å². The third kappa shape index (κ3) is 4.58. The summed E-state index contributed by atoms with van der Waals surface area (Å²) in [5, 5.41) is 15.1. The summed E-state index contributed by atoms with van der Waals surface area (Å²) in [5.74, 6) is 0.575. The van der Waals surface area contributed by atoms with Gasteiger partial charge in [0.15, 0.2) is 0 Å². The highest BCUT2D eigenvalue weighted by atomic mass is 19.1. The lowest BCUT2D eigenvalue weighted by Crippen LogP contribution is -2.50. The second-order valence-corrected chi connectivity index (χ2v) is 8.84. The summed E-state index contributed by atoms with van der Waals surface area (Å²) in [5.41, 5.74) is 1.89. The zero-order valence-corrected chi connectivity index (χ0v) is 17.1. The van der Waals surface area contributed by atoms with Gasteiger partial charge in [0.2, 0.25) is 11.9 Å². The molecule has 2 aliphatic rings. The summed E-state index contributed by atoms with van der Waals surface area (Å²) in [6, 6.07) is 4.24. The standard InChI is InChI=1S/C21H29FN6O/c1-21(2,22)14-26-7-3-15(4-8-26)11-16-5-10-28-17(12-16)18(13-24-28)27-9-6-19(29)25-20(27)23/h5,10,12-13,15H,3-4,6-9,11,14H2,1-2H3,(H2,23,25,29). The number of nitrogens with one attached hydrogen (secondary N) is 2. The molecule has 0 aliphatic carbocycles. The Bertz CT molecular complexity index is 910. The summed E-state index contributed by atoms with van der Waals surface area (Å²) >= 11 is 0. The van der Waals surface area contributed by atoms with E-state index in [0.29, 0.717) is 25.4 Å². The van der Waals surface area contributed by atoms with Crippen molar-refractivity contribution in [3.63, 3.8) is 0 Å². The van der Waals surface area contributed by atoms with Crippen molar-refractivity contribution in [2.45, 2.75) is 45.2 Å². The second kappa shape index (κ2) is 7.74. The molecule has 156 valence electrons. The van der Waals surface area contributed by atoms with Crippen LogP contribution in [0.4, 0.5) is 10.1 Å². The van der Waals surface area contributed by atoms with Gasteiger partial charge in [-0.05, 0) is 69.8 Å². The molecule has 8 heteroatoms. The third-order valence-electron chi connectivity index (χ3n) is 5.78. The molecule has 2 aromatic rings. The van der Waals surface area contributed by atoms with E-state index >= 15 is 0 Å². The first-order valence-corrected chi connectivity index (χ1v) is 10.3. The summed E-state index contributed by atoms with van der Waals surface area (Å²) in [4.78, 5) is 15.5. The van der Waals surface area contributed by atoms with E-state index < -0.39 is 5.67 Å². The molecular weight excluding hydrogens is 371 g/mol. The maximum atomic E-state index is 13.9. The SMILES string of the molecule is CC(C)(F)CN1CCC(Cc2ccn3ncc(N4CCC(=O)NC4=N)c3c2)CC1. The topological polar surface area (TPSA) is 76.7 Å². The average molecular weight is 401 g/mol. The normalized spacial score (nSPS) is 19.8. The van der Waals surface area contributed by atoms with Crippen molar-refractivity contribution in [3.8, 4) is 0 Å². The van der Waals surface area contributed by atoms with E-state index in [0.717, 1.165) is 43.6 Å². The molecule has 4 rings (SSSR count). The Morgan fingerprint density at radius 1 is 1.31 bits per heavy atom. The number of carbonyl (C=O) groups excluding carboxylic acids is 1. The third-order valence-corrected chi connectivity index (χ3v) is 5.78. The molecule has 0 spiro atoms. The van der Waals surface area contributed by atoms with Crippen molar-refractivity contribution in [1.82, 2.24) is 19.8 Å². The molecular formula is C21H29FN6O. The highest BCUT2D eigenvalue weighted by Crippen LogP contribution is 2.27. The van der Waals surface area contributed by atoms with Gasteiger partial charge < -0.3 is 9.80 Å². The number of nitrogens with zero attached hydrogens (tertiary/aromatic N) is 4. The monoisotopic (exact) mass is 400 g/mol. The molecule has 0 bridgehead atoms. The van der Waals surface area contributed by atoms with Gasteiger partial charge in [-0.3, -0.25) is 15.5 Å². The van der Waals surface area contributed by atoms with Gasteiger partial charge in [-0.25, -0.2) is 8.91 Å². The number of halogens is 1. The van der Waals surface area contributed by atoms with Crippen molar-refractivity contribution in [2.24, 2.45) is 5.92 Å². The summed E-state index contributed by atoms with van der Waals surface area (Å²) < 4.78 is 15.7. The molecule has 29 heavy (non-hydrogen) atoms. The number of fused-ring (bicyclic) bond motifs is 1. The smallest absolute Gasteiger partial charge is 0.228 e. The fourth-order valence-corrected chi connectivity index (χ4v) is 4.39. The zero-order valence-electron chi connectivity index (χ0n) is 17.1. The number of likely N-dealkylation sites (tertiary alicyclic amines) is 1. The Morgan fingerprint density at radius 3 is 2.76 bits per heavy atom. The minimum atomic E-state index is -1.14. The van der Waals surface area contributed by atoms with Gasteiger partial charge in [-0.2, -0.15) is 5.10 Å². The number of aromatic nitrogens is 2. The van der Waals surface area contributed by atoms with E-state index in [2.05, 4.69) is 27.4 Å². The van der Waals surface area contributed by atoms with E-state index in [4.69, 9.17) is 5.41 Å². The zero-order chi connectivity index (χ0) is 20.6. The fourth-order valence-electron chi connectivity index (χ4n) is 4.39. The molecule has 7 nitrogen and oxygen atoms in total. The highest BCUT2D eigenvalue weighted by molar-refractivity contribution is 6.08. The lowest BCUT2D eigenvalue weighted by atomic mass is 9.90. The van der Waals surface area contributed by atoms with Crippen molar-refractivity contribution in [3.05, 3.63) is 30.1 Å². The molecule has 0 unspecified atom stereocenters. The molecule has 2 saturated heterocycles. The quantitative estimate of drug-likeness (QED) is 0.809. The Balaban J connectivity index is 1.44. The minimum Gasteiger partial charge on any atom is -0.309 e.